The van der Waals surface area contributed by atoms with Crippen molar-refractivity contribution in [3.8, 4) is 5.75 Å². The molecule has 0 aliphatic carbocycles. The van der Waals surface area contributed by atoms with Crippen LogP contribution in [0.2, 0.25) is 0 Å². The Kier molecular flexibility index (Phi) is 5.53. The van der Waals surface area contributed by atoms with E-state index in [-0.39, 0.29) is 24.1 Å². The number of hydrogen-bond acceptors (Lipinski definition) is 5. The number of carbonyl (C=O) groups is 1. The van der Waals surface area contributed by atoms with E-state index >= 15 is 0 Å². The minimum Gasteiger partial charge on any atom is -0.485 e. The Balaban J connectivity index is 1.52. The van der Waals surface area contributed by atoms with Crippen molar-refractivity contribution in [1.82, 2.24) is 19.2 Å². The van der Waals surface area contributed by atoms with E-state index in [1.54, 1.807) is 35.3 Å². The lowest BCUT2D eigenvalue weighted by atomic mass is 10.1. The zero-order valence-electron chi connectivity index (χ0n) is 17.6. The van der Waals surface area contributed by atoms with E-state index in [9.17, 15) is 9.59 Å². The average molecular weight is 417 g/mol. The third-order valence-electron chi connectivity index (χ3n) is 4.81. The van der Waals surface area contributed by atoms with Crippen LogP contribution in [0.15, 0.2) is 65.7 Å². The van der Waals surface area contributed by atoms with Crippen LogP contribution in [0.25, 0.3) is 5.78 Å². The number of benzene rings is 2. The maximum atomic E-state index is 12.6. The molecule has 0 saturated carbocycles. The monoisotopic (exact) mass is 417 g/mol. The van der Waals surface area contributed by atoms with Crippen molar-refractivity contribution >= 4 is 17.4 Å². The molecule has 0 atom stereocenters. The van der Waals surface area contributed by atoms with Crippen LogP contribution in [0.5, 0.6) is 5.75 Å². The topological polar surface area (TPSA) is 90.5 Å². The summed E-state index contributed by atoms with van der Waals surface area (Å²) < 4.78 is 9.04. The molecule has 8 nitrogen and oxygen atoms in total. The molecule has 0 aliphatic heterocycles. The number of para-hydroxylation sites is 2. The van der Waals surface area contributed by atoms with E-state index in [0.717, 1.165) is 5.56 Å². The van der Waals surface area contributed by atoms with Gasteiger partial charge in [0.25, 0.3) is 17.2 Å². The zero-order chi connectivity index (χ0) is 22.0. The fourth-order valence-corrected chi connectivity index (χ4v) is 3.16. The molecule has 0 fully saturated rings. The van der Waals surface area contributed by atoms with Crippen molar-refractivity contribution in [1.29, 1.82) is 0 Å². The summed E-state index contributed by atoms with van der Waals surface area (Å²) in [7, 11) is 0. The summed E-state index contributed by atoms with van der Waals surface area (Å²) in [4.78, 5) is 33.7. The lowest BCUT2D eigenvalue weighted by Gasteiger charge is -2.13. The van der Waals surface area contributed by atoms with Crippen LogP contribution in [-0.2, 0) is 6.61 Å². The van der Waals surface area contributed by atoms with Crippen molar-refractivity contribution in [3.63, 3.8) is 0 Å². The number of aryl methyl sites for hydroxylation is 1. The number of nitrogens with zero attached hydrogens (tertiary/aromatic N) is 4. The third-order valence-corrected chi connectivity index (χ3v) is 4.81. The number of anilines is 1. The molecule has 0 bridgehead atoms. The molecular formula is C23H23N5O3. The summed E-state index contributed by atoms with van der Waals surface area (Å²) >= 11 is 0. The van der Waals surface area contributed by atoms with Gasteiger partial charge in [0.15, 0.2) is 0 Å². The molecule has 2 heterocycles. The molecule has 2 aromatic carbocycles. The van der Waals surface area contributed by atoms with Gasteiger partial charge < -0.3 is 10.1 Å². The van der Waals surface area contributed by atoms with Crippen molar-refractivity contribution in [2.75, 3.05) is 5.32 Å². The van der Waals surface area contributed by atoms with E-state index in [1.807, 2.05) is 45.0 Å². The molecule has 0 radical (unpaired) electrons. The predicted octanol–water partition coefficient (Wildman–Crippen LogP) is 3.61. The first-order valence-corrected chi connectivity index (χ1v) is 9.98. The first-order chi connectivity index (χ1) is 14.9. The summed E-state index contributed by atoms with van der Waals surface area (Å²) in [5.74, 6) is 0.575. The van der Waals surface area contributed by atoms with E-state index in [4.69, 9.17) is 4.74 Å². The smallest absolute Gasteiger partial charge is 0.274 e. The molecule has 31 heavy (non-hydrogen) atoms. The van der Waals surface area contributed by atoms with Crippen LogP contribution in [-0.4, -0.2) is 25.1 Å². The fraction of sp³-hybridized carbons (Fsp3) is 0.217. The van der Waals surface area contributed by atoms with Crippen molar-refractivity contribution < 1.29 is 9.53 Å². The quantitative estimate of drug-likeness (QED) is 0.518. The molecule has 4 aromatic rings. The Morgan fingerprint density at radius 2 is 1.87 bits per heavy atom. The fourth-order valence-electron chi connectivity index (χ4n) is 3.16. The maximum Gasteiger partial charge on any atom is 0.274 e. The van der Waals surface area contributed by atoms with Gasteiger partial charge in [0, 0.05) is 17.7 Å². The normalized spacial score (nSPS) is 11.1. The van der Waals surface area contributed by atoms with Crippen LogP contribution >= 0.6 is 0 Å². The van der Waals surface area contributed by atoms with Gasteiger partial charge in [-0.1, -0.05) is 29.8 Å². The standard InChI is InChI=1S/C23H23N5O3/c1-15(2)27-14-24-23-25-18(12-21(29)28(23)27)13-31-20-7-5-4-6-19(20)26-22(30)17-10-8-16(3)9-11-17/h4-12,14-15H,13H2,1-3H3,(H,26,30). The van der Waals surface area contributed by atoms with Gasteiger partial charge in [-0.3, -0.25) is 14.3 Å². The molecule has 1 amide bonds. The first-order valence-electron chi connectivity index (χ1n) is 9.98. The van der Waals surface area contributed by atoms with Crippen molar-refractivity contribution in [2.45, 2.75) is 33.4 Å². The Labute approximate surface area is 179 Å². The van der Waals surface area contributed by atoms with Gasteiger partial charge >= 0.3 is 0 Å². The second-order valence-corrected chi connectivity index (χ2v) is 7.52. The molecule has 0 spiro atoms. The zero-order valence-corrected chi connectivity index (χ0v) is 17.6. The summed E-state index contributed by atoms with van der Waals surface area (Å²) in [6, 6.07) is 16.0. The second-order valence-electron chi connectivity index (χ2n) is 7.52. The molecular weight excluding hydrogens is 394 g/mol. The number of rotatable bonds is 6. The van der Waals surface area contributed by atoms with Gasteiger partial charge in [0.1, 0.15) is 18.7 Å². The number of fused-ring (bicyclic) bond motifs is 1. The summed E-state index contributed by atoms with van der Waals surface area (Å²) in [5, 5.41) is 2.87. The molecule has 8 heteroatoms. The van der Waals surface area contributed by atoms with E-state index in [0.29, 0.717) is 28.5 Å². The number of ether oxygens (including phenoxy) is 1. The van der Waals surface area contributed by atoms with Crippen LogP contribution in [0.4, 0.5) is 5.69 Å². The highest BCUT2D eigenvalue weighted by Crippen LogP contribution is 2.25. The highest BCUT2D eigenvalue weighted by molar-refractivity contribution is 6.05. The van der Waals surface area contributed by atoms with Gasteiger partial charge in [-0.15, -0.1) is 0 Å². The van der Waals surface area contributed by atoms with E-state index in [2.05, 4.69) is 15.3 Å². The number of nitrogens with one attached hydrogen (secondary N) is 1. The van der Waals surface area contributed by atoms with E-state index in [1.165, 1.54) is 10.6 Å². The number of carbonyl (C=O) groups excluding carboxylic acids is 1. The number of aromatic nitrogens is 4. The minimum atomic E-state index is -0.229. The number of amides is 1. The van der Waals surface area contributed by atoms with Gasteiger partial charge in [0.05, 0.1) is 11.4 Å². The Hall–Kier alpha value is -3.94. The van der Waals surface area contributed by atoms with Crippen LogP contribution in [0.1, 0.15) is 41.5 Å². The molecule has 158 valence electrons. The van der Waals surface area contributed by atoms with Crippen LogP contribution in [0, 0.1) is 6.92 Å². The highest BCUT2D eigenvalue weighted by atomic mass is 16.5. The Morgan fingerprint density at radius 3 is 2.61 bits per heavy atom. The SMILES string of the molecule is Cc1ccc(C(=O)Nc2ccccc2OCc2cc(=O)n3c(ncn3C(C)C)n2)cc1. The Bertz CT molecular complexity index is 1290. The lowest BCUT2D eigenvalue weighted by Crippen LogP contribution is -2.23. The first kappa shape index (κ1) is 20.3. The van der Waals surface area contributed by atoms with Crippen LogP contribution in [0.3, 0.4) is 0 Å². The molecule has 0 saturated heterocycles. The summed E-state index contributed by atoms with van der Waals surface area (Å²) in [6.45, 7) is 5.96. The maximum absolute atomic E-state index is 12.6. The van der Waals surface area contributed by atoms with E-state index < -0.39 is 0 Å². The molecule has 2 aromatic heterocycles. The predicted molar refractivity (Wildman–Crippen MR) is 118 cm³/mol. The molecule has 4 rings (SSSR count). The molecule has 0 aliphatic rings. The van der Waals surface area contributed by atoms with Crippen molar-refractivity contribution in [2.24, 2.45) is 0 Å². The average Bonchev–Trinajstić information content (AvgIpc) is 3.18. The second kappa shape index (κ2) is 8.43. The lowest BCUT2D eigenvalue weighted by molar-refractivity contribution is 0.102. The third kappa shape index (κ3) is 4.32. The summed E-state index contributed by atoms with van der Waals surface area (Å²) in [6.07, 6.45) is 1.59. The van der Waals surface area contributed by atoms with Crippen LogP contribution < -0.4 is 15.6 Å². The highest BCUT2D eigenvalue weighted by Gasteiger charge is 2.13. The van der Waals surface area contributed by atoms with Gasteiger partial charge in [-0.05, 0) is 45.0 Å². The summed E-state index contributed by atoms with van der Waals surface area (Å²) in [5.41, 5.74) is 2.41. The van der Waals surface area contributed by atoms with Gasteiger partial charge in [-0.2, -0.15) is 9.50 Å². The van der Waals surface area contributed by atoms with Gasteiger partial charge in [-0.25, -0.2) is 4.98 Å². The number of hydrogen-bond donors (Lipinski definition) is 1. The minimum absolute atomic E-state index is 0.0672. The van der Waals surface area contributed by atoms with Crippen molar-refractivity contribution in [3.05, 3.63) is 88.1 Å². The largest absolute Gasteiger partial charge is 0.485 e. The Morgan fingerprint density at radius 1 is 1.13 bits per heavy atom. The van der Waals surface area contributed by atoms with Gasteiger partial charge in [0.2, 0.25) is 0 Å². The molecule has 1 N–H and O–H groups in total. The molecule has 0 unspecified atom stereocenters.